The number of nitro groups is 1. The Hall–Kier alpha value is -1.58. The van der Waals surface area contributed by atoms with Crippen molar-refractivity contribution in [3.05, 3.63) is 34.4 Å². The van der Waals surface area contributed by atoms with Gasteiger partial charge in [-0.05, 0) is 24.3 Å². The van der Waals surface area contributed by atoms with Gasteiger partial charge in [-0.2, -0.15) is 0 Å². The minimum atomic E-state index is -0.329. The number of anilines is 1. The zero-order valence-electron chi connectivity index (χ0n) is 11.5. The summed E-state index contributed by atoms with van der Waals surface area (Å²) in [6.07, 6.45) is 6.38. The maximum Gasteiger partial charge on any atom is 0.292 e. The predicted octanol–water partition coefficient (Wildman–Crippen LogP) is 4.22. The van der Waals surface area contributed by atoms with Crippen molar-refractivity contribution in [2.75, 3.05) is 11.9 Å². The van der Waals surface area contributed by atoms with E-state index in [9.17, 15) is 10.1 Å². The van der Waals surface area contributed by atoms with Crippen LogP contribution in [0.4, 0.5) is 11.4 Å². The number of benzene rings is 1. The monoisotopic (exact) mass is 262 g/mol. The molecule has 1 fully saturated rings. The van der Waals surface area contributed by atoms with E-state index >= 15 is 0 Å². The van der Waals surface area contributed by atoms with Crippen LogP contribution >= 0.6 is 0 Å². The molecule has 0 atom stereocenters. The van der Waals surface area contributed by atoms with Crippen LogP contribution in [-0.2, 0) is 0 Å². The molecule has 1 aromatic rings. The highest BCUT2D eigenvalue weighted by Crippen LogP contribution is 2.30. The summed E-state index contributed by atoms with van der Waals surface area (Å²) in [5.74, 6) is 1.66. The quantitative estimate of drug-likeness (QED) is 0.638. The number of rotatable bonds is 5. The van der Waals surface area contributed by atoms with Gasteiger partial charge in [0.1, 0.15) is 5.69 Å². The molecule has 0 bridgehead atoms. The van der Waals surface area contributed by atoms with Gasteiger partial charge in [-0.1, -0.05) is 44.7 Å². The first-order valence-corrected chi connectivity index (χ1v) is 7.14. The van der Waals surface area contributed by atoms with E-state index in [4.69, 9.17) is 0 Å². The Kier molecular flexibility index (Phi) is 4.77. The van der Waals surface area contributed by atoms with Crippen LogP contribution in [0.5, 0.6) is 0 Å². The summed E-state index contributed by atoms with van der Waals surface area (Å²) in [5, 5.41) is 14.1. The first kappa shape index (κ1) is 13.8. The molecule has 0 unspecified atom stereocenters. The summed E-state index contributed by atoms with van der Waals surface area (Å²) in [6.45, 7) is 3.14. The molecular formula is C15H22N2O2. The van der Waals surface area contributed by atoms with Crippen molar-refractivity contribution in [3.63, 3.8) is 0 Å². The van der Waals surface area contributed by atoms with Gasteiger partial charge in [-0.25, -0.2) is 0 Å². The molecular weight excluding hydrogens is 240 g/mol. The molecule has 1 N–H and O–H groups in total. The third kappa shape index (κ3) is 3.94. The Morgan fingerprint density at radius 1 is 1.26 bits per heavy atom. The van der Waals surface area contributed by atoms with Gasteiger partial charge in [0.2, 0.25) is 0 Å². The van der Waals surface area contributed by atoms with E-state index in [0.717, 1.165) is 24.8 Å². The van der Waals surface area contributed by atoms with Gasteiger partial charge < -0.3 is 5.32 Å². The van der Waals surface area contributed by atoms with E-state index in [-0.39, 0.29) is 10.6 Å². The molecule has 1 saturated carbocycles. The van der Waals surface area contributed by atoms with E-state index < -0.39 is 0 Å². The molecule has 1 aromatic carbocycles. The number of nitro benzene ring substituents is 1. The Bertz CT molecular complexity index is 426. The van der Waals surface area contributed by atoms with Crippen molar-refractivity contribution in [1.82, 2.24) is 0 Å². The van der Waals surface area contributed by atoms with Gasteiger partial charge in [-0.3, -0.25) is 10.1 Å². The Morgan fingerprint density at radius 2 is 1.95 bits per heavy atom. The molecule has 0 aromatic heterocycles. The molecule has 2 rings (SSSR count). The SMILES string of the molecule is CC1CCC(CCNc2ccccc2[N+](=O)[O-])CC1. The minimum absolute atomic E-state index is 0.166. The second kappa shape index (κ2) is 6.55. The van der Waals surface area contributed by atoms with Crippen molar-refractivity contribution < 1.29 is 4.92 Å². The van der Waals surface area contributed by atoms with Gasteiger partial charge in [0.15, 0.2) is 0 Å². The third-order valence-electron chi connectivity index (χ3n) is 4.10. The van der Waals surface area contributed by atoms with Crippen LogP contribution in [0.15, 0.2) is 24.3 Å². The molecule has 0 radical (unpaired) electrons. The fraction of sp³-hybridized carbons (Fsp3) is 0.600. The van der Waals surface area contributed by atoms with E-state index in [2.05, 4.69) is 12.2 Å². The smallest absolute Gasteiger partial charge is 0.292 e. The topological polar surface area (TPSA) is 55.2 Å². The zero-order chi connectivity index (χ0) is 13.7. The Morgan fingerprint density at radius 3 is 2.63 bits per heavy atom. The average molecular weight is 262 g/mol. The molecule has 0 saturated heterocycles. The summed E-state index contributed by atoms with van der Waals surface area (Å²) >= 11 is 0. The lowest BCUT2D eigenvalue weighted by atomic mass is 9.81. The standard InChI is InChI=1S/C15H22N2O2/c1-12-6-8-13(9-7-12)10-11-16-14-4-2-3-5-15(14)17(18)19/h2-5,12-13,16H,6-11H2,1H3. The molecule has 104 valence electrons. The van der Waals surface area contributed by atoms with Gasteiger partial charge in [0.25, 0.3) is 5.69 Å². The lowest BCUT2D eigenvalue weighted by Gasteiger charge is -2.26. The third-order valence-corrected chi connectivity index (χ3v) is 4.10. The number of para-hydroxylation sites is 2. The molecule has 1 aliphatic rings. The van der Waals surface area contributed by atoms with Crippen LogP contribution in [0.1, 0.15) is 39.0 Å². The van der Waals surface area contributed by atoms with Gasteiger partial charge in [-0.15, -0.1) is 0 Å². The number of nitrogens with one attached hydrogen (secondary N) is 1. The molecule has 4 nitrogen and oxygen atoms in total. The lowest BCUT2D eigenvalue weighted by Crippen LogP contribution is -2.16. The van der Waals surface area contributed by atoms with Crippen molar-refractivity contribution >= 4 is 11.4 Å². The molecule has 1 aliphatic carbocycles. The molecule has 0 amide bonds. The summed E-state index contributed by atoms with van der Waals surface area (Å²) in [5.41, 5.74) is 0.802. The maximum atomic E-state index is 10.9. The molecule has 0 spiro atoms. The molecule has 0 heterocycles. The Balaban J connectivity index is 1.81. The molecule has 4 heteroatoms. The number of hydrogen-bond donors (Lipinski definition) is 1. The molecule has 19 heavy (non-hydrogen) atoms. The first-order valence-electron chi connectivity index (χ1n) is 7.14. The van der Waals surface area contributed by atoms with Crippen LogP contribution < -0.4 is 5.32 Å². The van der Waals surface area contributed by atoms with Crippen LogP contribution in [0.2, 0.25) is 0 Å². The maximum absolute atomic E-state index is 10.9. The minimum Gasteiger partial charge on any atom is -0.379 e. The van der Waals surface area contributed by atoms with E-state index in [1.165, 1.54) is 25.7 Å². The summed E-state index contributed by atoms with van der Waals surface area (Å²) in [7, 11) is 0. The highest BCUT2D eigenvalue weighted by Gasteiger charge is 2.18. The van der Waals surface area contributed by atoms with E-state index in [1.54, 1.807) is 18.2 Å². The van der Waals surface area contributed by atoms with Crippen LogP contribution in [0.3, 0.4) is 0 Å². The lowest BCUT2D eigenvalue weighted by molar-refractivity contribution is -0.384. The normalized spacial score (nSPS) is 23.0. The average Bonchev–Trinajstić information content (AvgIpc) is 2.41. The van der Waals surface area contributed by atoms with Crippen molar-refractivity contribution in [1.29, 1.82) is 0 Å². The zero-order valence-corrected chi connectivity index (χ0v) is 11.5. The van der Waals surface area contributed by atoms with Crippen LogP contribution in [0.25, 0.3) is 0 Å². The highest BCUT2D eigenvalue weighted by molar-refractivity contribution is 5.60. The van der Waals surface area contributed by atoms with Gasteiger partial charge in [0, 0.05) is 12.6 Å². The fourth-order valence-corrected chi connectivity index (χ4v) is 2.81. The number of nitrogens with zero attached hydrogens (tertiary/aromatic N) is 1. The molecule has 0 aliphatic heterocycles. The number of hydrogen-bond acceptors (Lipinski definition) is 3. The highest BCUT2D eigenvalue weighted by atomic mass is 16.6. The second-order valence-corrected chi connectivity index (χ2v) is 5.62. The first-order chi connectivity index (χ1) is 9.16. The van der Waals surface area contributed by atoms with Gasteiger partial charge >= 0.3 is 0 Å². The van der Waals surface area contributed by atoms with Crippen LogP contribution in [0, 0.1) is 22.0 Å². The predicted molar refractivity (Wildman–Crippen MR) is 77.3 cm³/mol. The fourth-order valence-electron chi connectivity index (χ4n) is 2.81. The van der Waals surface area contributed by atoms with Crippen molar-refractivity contribution in [3.8, 4) is 0 Å². The van der Waals surface area contributed by atoms with Crippen LogP contribution in [-0.4, -0.2) is 11.5 Å². The summed E-state index contributed by atoms with van der Waals surface area (Å²) in [6, 6.07) is 6.86. The summed E-state index contributed by atoms with van der Waals surface area (Å²) < 4.78 is 0. The van der Waals surface area contributed by atoms with Crippen molar-refractivity contribution in [2.45, 2.75) is 39.0 Å². The van der Waals surface area contributed by atoms with Gasteiger partial charge in [0.05, 0.1) is 4.92 Å². The largest absolute Gasteiger partial charge is 0.379 e. The van der Waals surface area contributed by atoms with Crippen molar-refractivity contribution in [2.24, 2.45) is 11.8 Å². The summed E-state index contributed by atoms with van der Waals surface area (Å²) in [4.78, 5) is 10.6. The Labute approximate surface area is 114 Å². The van der Waals surface area contributed by atoms with E-state index in [0.29, 0.717) is 5.69 Å². The van der Waals surface area contributed by atoms with E-state index in [1.807, 2.05) is 6.07 Å². The second-order valence-electron chi connectivity index (χ2n) is 5.62.